The van der Waals surface area contributed by atoms with Gasteiger partial charge in [-0.1, -0.05) is 53.7 Å². The number of aromatic amines is 1. The molecule has 0 saturated heterocycles. The molecule has 13 nitrogen and oxygen atoms in total. The van der Waals surface area contributed by atoms with Crippen molar-refractivity contribution in [1.82, 2.24) is 35.8 Å². The van der Waals surface area contributed by atoms with Gasteiger partial charge in [-0.25, -0.2) is 9.97 Å². The van der Waals surface area contributed by atoms with E-state index in [1.165, 1.54) is 16.7 Å². The quantitative estimate of drug-likeness (QED) is 0.0983. The highest BCUT2D eigenvalue weighted by Gasteiger charge is 2.34. The molecule has 56 heavy (non-hydrogen) atoms. The lowest BCUT2D eigenvalue weighted by Crippen LogP contribution is -2.57. The Morgan fingerprint density at radius 1 is 0.893 bits per heavy atom. The van der Waals surface area contributed by atoms with Gasteiger partial charge in [-0.05, 0) is 97.8 Å². The molecule has 0 spiro atoms. The van der Waals surface area contributed by atoms with E-state index in [1.54, 1.807) is 25.5 Å². The summed E-state index contributed by atoms with van der Waals surface area (Å²) in [5, 5.41) is 11.7. The molecule has 0 radical (unpaired) electrons. The maximum atomic E-state index is 14.6. The van der Waals surface area contributed by atoms with Gasteiger partial charge in [-0.3, -0.25) is 14.4 Å². The molecule has 6 rings (SSSR count). The number of nitrogen functional groups attached to an aromatic ring is 1. The lowest BCUT2D eigenvalue weighted by atomic mass is 9.99. The van der Waals surface area contributed by atoms with Crippen molar-refractivity contribution < 1.29 is 14.4 Å². The predicted molar refractivity (Wildman–Crippen MR) is 222 cm³/mol. The topological polar surface area (TPSA) is 210 Å². The van der Waals surface area contributed by atoms with Crippen molar-refractivity contribution >= 4 is 57.8 Å². The molecule has 4 heterocycles. The minimum atomic E-state index is -0.947. The lowest BCUT2D eigenvalue weighted by Gasteiger charge is -2.32. The van der Waals surface area contributed by atoms with Crippen LogP contribution in [0.3, 0.4) is 0 Å². The van der Waals surface area contributed by atoms with Crippen molar-refractivity contribution in [1.29, 1.82) is 0 Å². The summed E-state index contributed by atoms with van der Waals surface area (Å²) in [4.78, 5) is 57.8. The molecule has 294 valence electrons. The minimum Gasteiger partial charge on any atom is -0.384 e. The summed E-state index contributed by atoms with van der Waals surface area (Å²) < 4.78 is 0. The largest absolute Gasteiger partial charge is 0.384 e. The van der Waals surface area contributed by atoms with Gasteiger partial charge >= 0.3 is 0 Å². The van der Waals surface area contributed by atoms with Crippen LogP contribution in [0.1, 0.15) is 48.8 Å². The van der Waals surface area contributed by atoms with Crippen LogP contribution in [-0.2, 0) is 33.9 Å². The number of H-pyrrole nitrogens is 1. The van der Waals surface area contributed by atoms with Crippen molar-refractivity contribution in [2.45, 2.75) is 79.7 Å². The van der Waals surface area contributed by atoms with E-state index in [9.17, 15) is 14.4 Å². The monoisotopic (exact) mass is 796 g/mol. The van der Waals surface area contributed by atoms with E-state index in [0.29, 0.717) is 72.5 Å². The standard InChI is InChI=1S/C41H49ClN10O3S/c1-52-35(20-27-23-47-32-10-3-2-9-29(27)32)39(54)50-24-30-28(25-13-16-36(45)49-21-25)14-15-31(42)37(30)56-40-26(8-7-19-46-40)22-48-33(12-6-18-44)38(53)51-34(41(52)55)11-4-5-17-43/h2-3,7-10,13-16,19,21,23,33-35,47-48H,4-6,11-12,17-18,20,22,24,43-44H2,1H3,(H2,45,49)(H,50,54)(H,51,53). The van der Waals surface area contributed by atoms with Gasteiger partial charge in [0.05, 0.1) is 11.1 Å². The first-order chi connectivity index (χ1) is 27.2. The summed E-state index contributed by atoms with van der Waals surface area (Å²) in [6.07, 6.45) is 8.15. The molecule has 0 fully saturated rings. The number of nitrogens with zero attached hydrogens (tertiary/aromatic N) is 3. The highest BCUT2D eigenvalue weighted by molar-refractivity contribution is 7.99. The van der Waals surface area contributed by atoms with E-state index in [-0.39, 0.29) is 30.7 Å². The van der Waals surface area contributed by atoms with Crippen LogP contribution in [0, 0.1) is 0 Å². The third-order valence-electron chi connectivity index (χ3n) is 10.1. The Morgan fingerprint density at radius 2 is 1.70 bits per heavy atom. The van der Waals surface area contributed by atoms with E-state index >= 15 is 0 Å². The van der Waals surface area contributed by atoms with E-state index < -0.39 is 18.1 Å². The number of carbonyl (C=O) groups is 3. The van der Waals surface area contributed by atoms with Crippen LogP contribution < -0.4 is 33.2 Å². The molecule has 15 heteroatoms. The van der Waals surface area contributed by atoms with Gasteiger partial charge in [0.1, 0.15) is 22.9 Å². The first-order valence-electron chi connectivity index (χ1n) is 18.9. The number of likely N-dealkylation sites (N-methyl/N-ethyl adjacent to an activating group) is 1. The Hall–Kier alpha value is -4.99. The number of halogens is 1. The number of hydrogen-bond donors (Lipinski definition) is 7. The average Bonchev–Trinajstić information content (AvgIpc) is 3.62. The fourth-order valence-corrected chi connectivity index (χ4v) is 8.32. The summed E-state index contributed by atoms with van der Waals surface area (Å²) in [6, 6.07) is 16.4. The average molecular weight is 797 g/mol. The Kier molecular flexibility index (Phi) is 14.0. The molecular formula is C41H49ClN10O3S. The van der Waals surface area contributed by atoms with Crippen molar-refractivity contribution in [3.63, 3.8) is 0 Å². The summed E-state index contributed by atoms with van der Waals surface area (Å²) in [5.41, 5.74) is 22.6. The Bertz CT molecular complexity index is 2150. The van der Waals surface area contributed by atoms with Crippen LogP contribution in [0.4, 0.5) is 5.82 Å². The number of para-hydroxylation sites is 1. The van der Waals surface area contributed by atoms with E-state index in [2.05, 4.69) is 25.9 Å². The second-order valence-electron chi connectivity index (χ2n) is 13.9. The molecule has 3 atom stereocenters. The van der Waals surface area contributed by atoms with Crippen LogP contribution >= 0.6 is 23.4 Å². The minimum absolute atomic E-state index is 0.0755. The SMILES string of the molecule is CN1C(=O)C(CCCCN)NC(=O)C(CCCN)NCc2cccnc2Sc2c(Cl)ccc(-c3ccc(N)nc3)c2CNC(=O)C1Cc1c[nH]c2ccccc12. The van der Waals surface area contributed by atoms with Crippen LogP contribution in [0.5, 0.6) is 0 Å². The number of pyridine rings is 2. The molecule has 3 aromatic heterocycles. The third-order valence-corrected chi connectivity index (χ3v) is 11.8. The van der Waals surface area contributed by atoms with Gasteiger partial charge in [0.25, 0.3) is 0 Å². The number of carbonyl (C=O) groups excluding carboxylic acids is 3. The summed E-state index contributed by atoms with van der Waals surface area (Å²) in [7, 11) is 1.62. The van der Waals surface area contributed by atoms with Crippen molar-refractivity contribution in [2.75, 3.05) is 25.9 Å². The second kappa shape index (κ2) is 19.2. The molecule has 1 aliphatic rings. The summed E-state index contributed by atoms with van der Waals surface area (Å²) in [5.74, 6) is -0.699. The maximum Gasteiger partial charge on any atom is 0.245 e. The molecule has 10 N–H and O–H groups in total. The smallest absolute Gasteiger partial charge is 0.245 e. The van der Waals surface area contributed by atoms with E-state index in [0.717, 1.165) is 38.7 Å². The van der Waals surface area contributed by atoms with Crippen LogP contribution in [0.2, 0.25) is 5.02 Å². The van der Waals surface area contributed by atoms with Crippen LogP contribution in [-0.4, -0.2) is 75.8 Å². The van der Waals surface area contributed by atoms with E-state index in [1.807, 2.05) is 60.8 Å². The molecule has 2 aromatic carbocycles. The molecular weight excluding hydrogens is 748 g/mol. The molecule has 3 amide bonds. The summed E-state index contributed by atoms with van der Waals surface area (Å²) >= 11 is 8.38. The molecule has 0 aliphatic carbocycles. The van der Waals surface area contributed by atoms with Crippen LogP contribution in [0.15, 0.2) is 89.2 Å². The van der Waals surface area contributed by atoms with Gasteiger partial charge in [-0.2, -0.15) is 0 Å². The van der Waals surface area contributed by atoms with Gasteiger partial charge in [-0.15, -0.1) is 0 Å². The highest BCUT2D eigenvalue weighted by atomic mass is 35.5. The van der Waals surface area contributed by atoms with Crippen molar-refractivity contribution in [2.24, 2.45) is 11.5 Å². The summed E-state index contributed by atoms with van der Waals surface area (Å²) in [6.45, 7) is 1.23. The highest BCUT2D eigenvalue weighted by Crippen LogP contribution is 2.41. The fraction of sp³-hybridized carbons (Fsp3) is 0.341. The zero-order valence-electron chi connectivity index (χ0n) is 31.4. The maximum absolute atomic E-state index is 14.6. The van der Waals surface area contributed by atoms with Crippen molar-refractivity contribution in [3.8, 4) is 11.1 Å². The fourth-order valence-electron chi connectivity index (χ4n) is 6.98. The van der Waals surface area contributed by atoms with Crippen molar-refractivity contribution in [3.05, 3.63) is 101 Å². The number of nitrogens with two attached hydrogens (primary N) is 3. The predicted octanol–water partition coefficient (Wildman–Crippen LogP) is 4.52. The molecule has 0 saturated carbocycles. The number of nitrogens with one attached hydrogen (secondary N) is 4. The van der Waals surface area contributed by atoms with Gasteiger partial charge in [0.2, 0.25) is 17.7 Å². The number of benzene rings is 2. The Morgan fingerprint density at radius 3 is 2.48 bits per heavy atom. The molecule has 5 aromatic rings. The number of anilines is 1. The second-order valence-corrected chi connectivity index (χ2v) is 15.3. The number of hydrogen-bond acceptors (Lipinski definition) is 10. The first kappa shape index (κ1) is 40.7. The number of fused-ring (bicyclic) bond motifs is 3. The van der Waals surface area contributed by atoms with Gasteiger partial charge in [0, 0.05) is 66.5 Å². The molecule has 1 aliphatic heterocycles. The lowest BCUT2D eigenvalue weighted by molar-refractivity contribution is -0.142. The number of unbranched alkanes of at least 4 members (excludes halogenated alkanes) is 1. The molecule has 0 bridgehead atoms. The first-order valence-corrected chi connectivity index (χ1v) is 20.1. The van der Waals surface area contributed by atoms with Gasteiger partial charge in [0.15, 0.2) is 0 Å². The number of amides is 3. The Balaban J connectivity index is 1.47. The van der Waals surface area contributed by atoms with E-state index in [4.69, 9.17) is 33.8 Å². The zero-order chi connectivity index (χ0) is 39.6. The van der Waals surface area contributed by atoms with Gasteiger partial charge < -0.3 is 43.0 Å². The zero-order valence-corrected chi connectivity index (χ0v) is 33.0. The normalized spacial score (nSPS) is 18.5. The Labute approximate surface area is 335 Å². The number of aromatic nitrogens is 3. The molecule has 3 unspecified atom stereocenters. The van der Waals surface area contributed by atoms with Crippen LogP contribution in [0.25, 0.3) is 22.0 Å². The third kappa shape index (κ3) is 9.68. The number of rotatable bonds is 10.